The van der Waals surface area contributed by atoms with Gasteiger partial charge in [0.1, 0.15) is 5.75 Å². The minimum absolute atomic E-state index is 0.00933. The maximum absolute atomic E-state index is 10.2. The van der Waals surface area contributed by atoms with Crippen LogP contribution in [0.4, 0.5) is 5.69 Å². The smallest absolute Gasteiger partial charge is 0.116 e. The van der Waals surface area contributed by atoms with Gasteiger partial charge in [-0.1, -0.05) is 70.5 Å². The Balaban J connectivity index is 1.73. The Kier molecular flexibility index (Phi) is 5.36. The van der Waals surface area contributed by atoms with Crippen molar-refractivity contribution in [1.82, 2.24) is 0 Å². The molecule has 0 saturated carbocycles. The molecule has 0 aromatic heterocycles. The predicted molar refractivity (Wildman–Crippen MR) is 131 cm³/mol. The molecule has 4 N–H and O–H groups in total. The summed E-state index contributed by atoms with van der Waals surface area (Å²) in [6.45, 7) is 2.51. The van der Waals surface area contributed by atoms with Gasteiger partial charge in [0.05, 0.1) is 17.7 Å². The lowest BCUT2D eigenvalue weighted by Gasteiger charge is -2.50. The van der Waals surface area contributed by atoms with E-state index in [2.05, 4.69) is 69.4 Å². The molecule has 3 aromatic rings. The molecule has 0 bridgehead atoms. The Hall–Kier alpha value is -2.60. The summed E-state index contributed by atoms with van der Waals surface area (Å²) in [6, 6.07) is 22.1. The van der Waals surface area contributed by atoms with Crippen LogP contribution in [0.1, 0.15) is 47.7 Å². The predicted octanol–water partition coefficient (Wildman–Crippen LogP) is 5.70. The molecule has 0 spiro atoms. The molecule has 0 fully saturated rings. The SMILES string of the molecule is C[C@@H](O)c1ccc2c(c1)[C@]1(N)C=CCC1C(c1ccc(O)cc1Br)N2Cc1ccccc1. The van der Waals surface area contributed by atoms with Crippen molar-refractivity contribution >= 4 is 21.6 Å². The highest BCUT2D eigenvalue weighted by molar-refractivity contribution is 9.10. The van der Waals surface area contributed by atoms with Gasteiger partial charge in [-0.05, 0) is 59.9 Å². The van der Waals surface area contributed by atoms with Crippen molar-refractivity contribution in [3.05, 3.63) is 106 Å². The van der Waals surface area contributed by atoms with Crippen molar-refractivity contribution in [1.29, 1.82) is 0 Å². The zero-order chi connectivity index (χ0) is 22.5. The molecular weight excluding hydrogens is 464 g/mol. The van der Waals surface area contributed by atoms with E-state index in [1.54, 1.807) is 19.1 Å². The Labute approximate surface area is 197 Å². The van der Waals surface area contributed by atoms with Gasteiger partial charge in [0.15, 0.2) is 0 Å². The van der Waals surface area contributed by atoms with Gasteiger partial charge in [0.2, 0.25) is 0 Å². The first kappa shape index (κ1) is 21.3. The number of aliphatic hydroxyl groups excluding tert-OH is 1. The molecule has 0 amide bonds. The molecule has 4 atom stereocenters. The number of allylic oxidation sites excluding steroid dienone is 1. The van der Waals surface area contributed by atoms with E-state index in [4.69, 9.17) is 5.73 Å². The molecule has 164 valence electrons. The molecule has 2 unspecified atom stereocenters. The second kappa shape index (κ2) is 8.07. The zero-order valence-corrected chi connectivity index (χ0v) is 19.5. The molecule has 4 nitrogen and oxygen atoms in total. The van der Waals surface area contributed by atoms with E-state index in [-0.39, 0.29) is 17.7 Å². The van der Waals surface area contributed by atoms with Crippen molar-refractivity contribution in [2.24, 2.45) is 11.7 Å². The molecule has 1 aliphatic heterocycles. The van der Waals surface area contributed by atoms with Crippen LogP contribution in [0.5, 0.6) is 5.75 Å². The van der Waals surface area contributed by atoms with E-state index in [0.29, 0.717) is 0 Å². The monoisotopic (exact) mass is 490 g/mol. The summed E-state index contributed by atoms with van der Waals surface area (Å²) in [5.74, 6) is 0.348. The number of rotatable bonds is 4. The summed E-state index contributed by atoms with van der Waals surface area (Å²) in [7, 11) is 0. The minimum atomic E-state index is -0.630. The van der Waals surface area contributed by atoms with Gasteiger partial charge in [-0.25, -0.2) is 0 Å². The summed E-state index contributed by atoms with van der Waals surface area (Å²) >= 11 is 3.70. The summed E-state index contributed by atoms with van der Waals surface area (Å²) in [6.07, 6.45) is 4.61. The quantitative estimate of drug-likeness (QED) is 0.410. The first-order valence-electron chi connectivity index (χ1n) is 11.0. The lowest BCUT2D eigenvalue weighted by Crippen LogP contribution is -2.52. The van der Waals surface area contributed by atoms with Gasteiger partial charge in [-0.3, -0.25) is 0 Å². The van der Waals surface area contributed by atoms with Crippen LogP contribution in [0.15, 0.2) is 83.4 Å². The number of hydrogen-bond donors (Lipinski definition) is 3. The normalized spacial score (nSPS) is 24.8. The van der Waals surface area contributed by atoms with Gasteiger partial charge >= 0.3 is 0 Å². The van der Waals surface area contributed by atoms with Crippen LogP contribution in [0.3, 0.4) is 0 Å². The Bertz CT molecular complexity index is 1180. The Morgan fingerprint density at radius 2 is 1.91 bits per heavy atom. The fraction of sp³-hybridized carbons (Fsp3) is 0.259. The highest BCUT2D eigenvalue weighted by Gasteiger charge is 2.50. The van der Waals surface area contributed by atoms with Crippen molar-refractivity contribution < 1.29 is 10.2 Å². The minimum Gasteiger partial charge on any atom is -0.508 e. The van der Waals surface area contributed by atoms with Gasteiger partial charge in [0.25, 0.3) is 0 Å². The fourth-order valence-corrected chi connectivity index (χ4v) is 5.89. The summed E-state index contributed by atoms with van der Waals surface area (Å²) in [4.78, 5) is 2.43. The molecule has 3 aromatic carbocycles. The molecule has 32 heavy (non-hydrogen) atoms. The fourth-order valence-electron chi connectivity index (χ4n) is 5.29. The summed E-state index contributed by atoms with van der Waals surface area (Å²) in [5.41, 5.74) is 11.8. The second-order valence-electron chi connectivity index (χ2n) is 8.89. The van der Waals surface area contributed by atoms with Crippen LogP contribution >= 0.6 is 15.9 Å². The number of benzene rings is 3. The van der Waals surface area contributed by atoms with Crippen LogP contribution in [0.25, 0.3) is 0 Å². The number of aromatic hydroxyl groups is 1. The van der Waals surface area contributed by atoms with Crippen LogP contribution in [-0.4, -0.2) is 10.2 Å². The van der Waals surface area contributed by atoms with Gasteiger partial charge in [-0.15, -0.1) is 0 Å². The van der Waals surface area contributed by atoms with E-state index in [1.807, 2.05) is 18.2 Å². The largest absolute Gasteiger partial charge is 0.508 e. The van der Waals surface area contributed by atoms with Crippen molar-refractivity contribution in [2.75, 3.05) is 4.90 Å². The Morgan fingerprint density at radius 1 is 1.12 bits per heavy atom. The van der Waals surface area contributed by atoms with Gasteiger partial charge in [-0.2, -0.15) is 0 Å². The molecule has 2 aliphatic rings. The lowest BCUT2D eigenvalue weighted by atomic mass is 9.70. The van der Waals surface area contributed by atoms with E-state index >= 15 is 0 Å². The summed E-state index contributed by atoms with van der Waals surface area (Å²) in [5, 5.41) is 20.3. The molecule has 1 aliphatic carbocycles. The number of aliphatic hydroxyl groups is 1. The standard InChI is InChI=1S/C27H27BrN2O2/c1-17(31)19-9-12-25-23(14-19)27(29)13-5-8-22(27)26(21-11-10-20(32)15-24(21)28)30(25)16-18-6-3-2-4-7-18/h2-7,9-15,17,22,26,31-32H,8,16,29H2,1H3/t17-,22?,26?,27+/m1/s1. The maximum atomic E-state index is 10.2. The maximum Gasteiger partial charge on any atom is 0.116 e. The number of halogens is 1. The third-order valence-corrected chi connectivity index (χ3v) is 7.58. The van der Waals surface area contributed by atoms with Crippen molar-refractivity contribution in [2.45, 2.75) is 37.6 Å². The molecule has 5 rings (SSSR count). The average Bonchev–Trinajstić information content (AvgIpc) is 3.18. The highest BCUT2D eigenvalue weighted by Crippen LogP contribution is 2.55. The number of hydrogen-bond acceptors (Lipinski definition) is 4. The number of phenolic OH excluding ortho intramolecular Hbond substituents is 1. The first-order valence-corrected chi connectivity index (χ1v) is 11.8. The Morgan fingerprint density at radius 3 is 2.62 bits per heavy atom. The number of phenols is 1. The molecular formula is C27H27BrN2O2. The van der Waals surface area contributed by atoms with Crippen molar-refractivity contribution in [3.63, 3.8) is 0 Å². The zero-order valence-electron chi connectivity index (χ0n) is 17.9. The van der Waals surface area contributed by atoms with Gasteiger partial charge < -0.3 is 20.8 Å². The van der Waals surface area contributed by atoms with E-state index in [0.717, 1.165) is 39.8 Å². The molecule has 5 heteroatoms. The highest BCUT2D eigenvalue weighted by atomic mass is 79.9. The number of anilines is 1. The second-order valence-corrected chi connectivity index (χ2v) is 9.75. The number of fused-ring (bicyclic) bond motifs is 3. The van der Waals surface area contributed by atoms with Crippen LogP contribution in [-0.2, 0) is 12.1 Å². The first-order chi connectivity index (χ1) is 15.4. The number of nitrogens with zero attached hydrogens (tertiary/aromatic N) is 1. The molecule has 1 heterocycles. The molecule has 0 saturated heterocycles. The van der Waals surface area contributed by atoms with E-state index < -0.39 is 11.6 Å². The third-order valence-electron chi connectivity index (χ3n) is 6.89. The summed E-state index contributed by atoms with van der Waals surface area (Å²) < 4.78 is 0.874. The van der Waals surface area contributed by atoms with Crippen LogP contribution < -0.4 is 10.6 Å². The third kappa shape index (κ3) is 3.45. The van der Waals surface area contributed by atoms with E-state index in [9.17, 15) is 10.2 Å². The lowest BCUT2D eigenvalue weighted by molar-refractivity contribution is 0.198. The number of nitrogens with two attached hydrogens (primary N) is 1. The van der Waals surface area contributed by atoms with Crippen LogP contribution in [0.2, 0.25) is 0 Å². The average molecular weight is 491 g/mol. The van der Waals surface area contributed by atoms with Crippen molar-refractivity contribution in [3.8, 4) is 5.75 Å². The topological polar surface area (TPSA) is 69.7 Å². The van der Waals surface area contributed by atoms with Crippen LogP contribution in [0, 0.1) is 5.92 Å². The van der Waals surface area contributed by atoms with Gasteiger partial charge in [0, 0.05) is 22.6 Å². The van der Waals surface area contributed by atoms with E-state index in [1.165, 1.54) is 5.56 Å². The molecule has 0 radical (unpaired) electrons.